The second-order valence-electron chi connectivity index (χ2n) is 7.07. The molecule has 0 N–H and O–H groups in total. The lowest BCUT2D eigenvalue weighted by molar-refractivity contribution is -0.126. The second-order valence-corrected chi connectivity index (χ2v) is 7.07. The highest BCUT2D eigenvalue weighted by Gasteiger charge is 2.43. The maximum Gasteiger partial charge on any atom is 0.257 e. The largest absolute Gasteiger partial charge is 0.472 e. The van der Waals surface area contributed by atoms with E-state index >= 15 is 0 Å². The smallest absolute Gasteiger partial charge is 0.257 e. The molecule has 1 atom stereocenters. The molecular formula is C19H22N2O5. The number of nitrogens with zero attached hydrogens (tertiary/aromatic N) is 2. The molecule has 2 amide bonds. The molecule has 2 aromatic heterocycles. The molecule has 0 bridgehead atoms. The van der Waals surface area contributed by atoms with Crippen LogP contribution in [0.3, 0.4) is 0 Å². The molecule has 2 saturated heterocycles. The van der Waals surface area contributed by atoms with E-state index in [1.54, 1.807) is 17.2 Å². The van der Waals surface area contributed by atoms with Crippen LogP contribution in [0.4, 0.5) is 0 Å². The van der Waals surface area contributed by atoms with Crippen LogP contribution in [0.15, 0.2) is 40.0 Å². The van der Waals surface area contributed by atoms with Gasteiger partial charge in [-0.3, -0.25) is 9.59 Å². The van der Waals surface area contributed by atoms with Crippen molar-refractivity contribution in [2.75, 3.05) is 32.8 Å². The van der Waals surface area contributed by atoms with Crippen LogP contribution >= 0.6 is 0 Å². The maximum absolute atomic E-state index is 12.8. The number of amides is 2. The van der Waals surface area contributed by atoms with E-state index in [0.29, 0.717) is 43.9 Å². The van der Waals surface area contributed by atoms with Gasteiger partial charge < -0.3 is 23.4 Å². The number of carbonyl (C=O) groups is 2. The molecule has 7 nitrogen and oxygen atoms in total. The summed E-state index contributed by atoms with van der Waals surface area (Å²) in [7, 11) is 0. The van der Waals surface area contributed by atoms with Crippen LogP contribution in [0.1, 0.15) is 39.1 Å². The molecule has 2 aliphatic rings. The molecule has 4 heterocycles. The van der Waals surface area contributed by atoms with Gasteiger partial charge in [-0.1, -0.05) is 0 Å². The number of furan rings is 2. The number of rotatable bonds is 2. The van der Waals surface area contributed by atoms with Crippen LogP contribution in [0.25, 0.3) is 0 Å². The quantitative estimate of drug-likeness (QED) is 0.823. The van der Waals surface area contributed by atoms with E-state index in [1.165, 1.54) is 18.8 Å². The lowest BCUT2D eigenvalue weighted by atomic mass is 9.90. The van der Waals surface area contributed by atoms with Crippen molar-refractivity contribution in [3.05, 3.63) is 47.8 Å². The number of hydrogen-bond acceptors (Lipinski definition) is 5. The molecular weight excluding hydrogens is 336 g/mol. The van der Waals surface area contributed by atoms with E-state index in [0.717, 1.165) is 18.4 Å². The average Bonchev–Trinajstić information content (AvgIpc) is 3.32. The third kappa shape index (κ3) is 3.03. The van der Waals surface area contributed by atoms with Crippen LogP contribution in [-0.4, -0.2) is 60.0 Å². The van der Waals surface area contributed by atoms with Crippen LogP contribution in [0.5, 0.6) is 0 Å². The Kier molecular flexibility index (Phi) is 4.32. The van der Waals surface area contributed by atoms with E-state index in [1.807, 2.05) is 11.8 Å². The Morgan fingerprint density at radius 1 is 1.04 bits per heavy atom. The van der Waals surface area contributed by atoms with Crippen molar-refractivity contribution in [3.8, 4) is 0 Å². The molecule has 0 saturated carbocycles. The van der Waals surface area contributed by atoms with Gasteiger partial charge in [0.25, 0.3) is 11.8 Å². The van der Waals surface area contributed by atoms with E-state index in [2.05, 4.69) is 0 Å². The standard InChI is InChI=1S/C19H22N2O5/c1-14-9-25-11-16(14)18(23)21-6-8-26-19(13-21)4-2-5-20(12-19)17(22)15-3-7-24-10-15/h3,7,9-11H,2,4-6,8,12-13H2,1H3. The summed E-state index contributed by atoms with van der Waals surface area (Å²) in [6, 6.07) is 1.67. The van der Waals surface area contributed by atoms with Gasteiger partial charge in [0.05, 0.1) is 43.3 Å². The molecule has 2 aromatic rings. The zero-order valence-electron chi connectivity index (χ0n) is 14.8. The fourth-order valence-corrected chi connectivity index (χ4v) is 3.86. The normalized spacial score (nSPS) is 23.4. The minimum atomic E-state index is -0.511. The third-order valence-electron chi connectivity index (χ3n) is 5.22. The third-order valence-corrected chi connectivity index (χ3v) is 5.22. The molecule has 0 aliphatic carbocycles. The number of likely N-dealkylation sites (tertiary alicyclic amines) is 1. The van der Waals surface area contributed by atoms with Crippen molar-refractivity contribution in [2.24, 2.45) is 0 Å². The number of aryl methyl sites for hydroxylation is 1. The van der Waals surface area contributed by atoms with Gasteiger partial charge in [0.2, 0.25) is 0 Å². The molecule has 26 heavy (non-hydrogen) atoms. The highest BCUT2D eigenvalue weighted by Crippen LogP contribution is 2.30. The van der Waals surface area contributed by atoms with Gasteiger partial charge in [0.1, 0.15) is 18.1 Å². The highest BCUT2D eigenvalue weighted by molar-refractivity contribution is 5.95. The van der Waals surface area contributed by atoms with Crippen LogP contribution in [-0.2, 0) is 4.74 Å². The Balaban J connectivity index is 1.49. The monoisotopic (exact) mass is 358 g/mol. The Labute approximate surface area is 151 Å². The first-order valence-corrected chi connectivity index (χ1v) is 8.85. The number of ether oxygens (including phenoxy) is 1. The van der Waals surface area contributed by atoms with Gasteiger partial charge in [0.15, 0.2) is 0 Å². The van der Waals surface area contributed by atoms with E-state index in [-0.39, 0.29) is 11.8 Å². The molecule has 1 unspecified atom stereocenters. The van der Waals surface area contributed by atoms with E-state index in [9.17, 15) is 9.59 Å². The Morgan fingerprint density at radius 2 is 1.85 bits per heavy atom. The maximum atomic E-state index is 12.8. The first-order chi connectivity index (χ1) is 12.6. The summed E-state index contributed by atoms with van der Waals surface area (Å²) >= 11 is 0. The lowest BCUT2D eigenvalue weighted by Gasteiger charge is -2.47. The van der Waals surface area contributed by atoms with Gasteiger partial charge in [0, 0.05) is 13.1 Å². The summed E-state index contributed by atoms with van der Waals surface area (Å²) in [5, 5.41) is 0. The summed E-state index contributed by atoms with van der Waals surface area (Å²) in [4.78, 5) is 29.1. The van der Waals surface area contributed by atoms with Crippen molar-refractivity contribution in [3.63, 3.8) is 0 Å². The van der Waals surface area contributed by atoms with Crippen LogP contribution in [0, 0.1) is 6.92 Å². The molecule has 138 valence electrons. The van der Waals surface area contributed by atoms with Gasteiger partial charge >= 0.3 is 0 Å². The van der Waals surface area contributed by atoms with Crippen molar-refractivity contribution in [2.45, 2.75) is 25.4 Å². The SMILES string of the molecule is Cc1cocc1C(=O)N1CCOC2(CCCN(C(=O)c3ccoc3)C2)C1. The zero-order chi connectivity index (χ0) is 18.1. The summed E-state index contributed by atoms with van der Waals surface area (Å²) in [6.45, 7) is 4.51. The number of carbonyl (C=O) groups excluding carboxylic acids is 2. The number of morpholine rings is 1. The van der Waals surface area contributed by atoms with E-state index in [4.69, 9.17) is 13.6 Å². The fraction of sp³-hybridized carbons (Fsp3) is 0.474. The highest BCUT2D eigenvalue weighted by atomic mass is 16.5. The molecule has 1 spiro atoms. The minimum Gasteiger partial charge on any atom is -0.472 e. The Bertz CT molecular complexity index is 793. The van der Waals surface area contributed by atoms with Gasteiger partial charge in [-0.2, -0.15) is 0 Å². The van der Waals surface area contributed by atoms with E-state index < -0.39 is 5.60 Å². The van der Waals surface area contributed by atoms with Crippen LogP contribution < -0.4 is 0 Å². The second kappa shape index (κ2) is 6.64. The summed E-state index contributed by atoms with van der Waals surface area (Å²) in [5.41, 5.74) is 1.45. The summed E-state index contributed by atoms with van der Waals surface area (Å²) < 4.78 is 16.3. The molecule has 2 fully saturated rings. The molecule has 0 aromatic carbocycles. The topological polar surface area (TPSA) is 76.1 Å². The first kappa shape index (κ1) is 16.9. The van der Waals surface area contributed by atoms with Crippen molar-refractivity contribution in [1.82, 2.24) is 9.80 Å². The Hall–Kier alpha value is -2.54. The summed E-state index contributed by atoms with van der Waals surface area (Å²) in [6.07, 6.45) is 7.71. The summed E-state index contributed by atoms with van der Waals surface area (Å²) in [5.74, 6) is -0.104. The predicted molar refractivity (Wildman–Crippen MR) is 91.9 cm³/mol. The van der Waals surface area contributed by atoms with Gasteiger partial charge in [-0.15, -0.1) is 0 Å². The van der Waals surface area contributed by atoms with Crippen LogP contribution in [0.2, 0.25) is 0 Å². The van der Waals surface area contributed by atoms with Crippen molar-refractivity contribution >= 4 is 11.8 Å². The number of piperidine rings is 1. The zero-order valence-corrected chi connectivity index (χ0v) is 14.8. The average molecular weight is 358 g/mol. The number of hydrogen-bond donors (Lipinski definition) is 0. The van der Waals surface area contributed by atoms with Crippen molar-refractivity contribution in [1.29, 1.82) is 0 Å². The molecule has 2 aliphatic heterocycles. The molecule has 4 rings (SSSR count). The van der Waals surface area contributed by atoms with Crippen molar-refractivity contribution < 1.29 is 23.2 Å². The predicted octanol–water partition coefficient (Wildman–Crippen LogP) is 2.33. The lowest BCUT2D eigenvalue weighted by Crippen LogP contribution is -2.61. The van der Waals surface area contributed by atoms with Gasteiger partial charge in [-0.05, 0) is 31.4 Å². The van der Waals surface area contributed by atoms with Gasteiger partial charge in [-0.25, -0.2) is 0 Å². The minimum absolute atomic E-state index is 0.0443. The first-order valence-electron chi connectivity index (χ1n) is 8.85. The Morgan fingerprint density at radius 3 is 2.54 bits per heavy atom. The molecule has 0 radical (unpaired) electrons. The molecule has 7 heteroatoms. The fourth-order valence-electron chi connectivity index (χ4n) is 3.86.